The Morgan fingerprint density at radius 2 is 1.42 bits per heavy atom. The zero-order chi connectivity index (χ0) is 17.5. The van der Waals surface area contributed by atoms with Crippen molar-refractivity contribution in [3.8, 4) is 0 Å². The average Bonchev–Trinajstić information content (AvgIpc) is 2.69. The van der Waals surface area contributed by atoms with Crippen LogP contribution >= 0.6 is 0 Å². The van der Waals surface area contributed by atoms with E-state index >= 15 is 0 Å². The molecule has 0 unspecified atom stereocenters. The lowest BCUT2D eigenvalue weighted by Crippen LogP contribution is -3.13. The molecule has 2 aromatic rings. The number of quaternary nitrogens is 1. The van der Waals surface area contributed by atoms with E-state index in [4.69, 9.17) is 4.74 Å². The highest BCUT2D eigenvalue weighted by Crippen LogP contribution is 2.30. The Morgan fingerprint density at radius 1 is 0.923 bits per heavy atom. The molecule has 0 aliphatic carbocycles. The number of esters is 1. The summed E-state index contributed by atoms with van der Waals surface area (Å²) in [6.07, 6.45) is 3.77. The van der Waals surface area contributed by atoms with Gasteiger partial charge < -0.3 is 27.2 Å². The van der Waals surface area contributed by atoms with E-state index in [2.05, 4.69) is 0 Å². The van der Waals surface area contributed by atoms with Crippen molar-refractivity contribution in [2.24, 2.45) is 0 Å². The summed E-state index contributed by atoms with van der Waals surface area (Å²) in [6.45, 7) is 3.40. The summed E-state index contributed by atoms with van der Waals surface area (Å²) in [7, 11) is 0. The number of benzene rings is 2. The number of ether oxygens (including phenoxy) is 1. The molecule has 1 aliphatic rings. The first-order chi connectivity index (χ1) is 12.2. The summed E-state index contributed by atoms with van der Waals surface area (Å²) in [5.41, 5.74) is -0.729. The van der Waals surface area contributed by atoms with Gasteiger partial charge in [0.05, 0.1) is 13.1 Å². The van der Waals surface area contributed by atoms with E-state index < -0.39 is 11.6 Å². The largest absolute Gasteiger partial charge is 1.00 e. The van der Waals surface area contributed by atoms with Crippen molar-refractivity contribution in [1.29, 1.82) is 0 Å². The monoisotopic (exact) mass is 375 g/mol. The van der Waals surface area contributed by atoms with Crippen molar-refractivity contribution in [1.82, 2.24) is 0 Å². The fraction of sp³-hybridized carbons (Fsp3) is 0.381. The van der Waals surface area contributed by atoms with Gasteiger partial charge in [-0.2, -0.15) is 0 Å². The summed E-state index contributed by atoms with van der Waals surface area (Å²) in [5, 5.41) is 11.3. The van der Waals surface area contributed by atoms with Crippen molar-refractivity contribution in [2.45, 2.75) is 24.9 Å². The fourth-order valence-corrected chi connectivity index (χ4v) is 3.46. The zero-order valence-corrected chi connectivity index (χ0v) is 15.6. The van der Waals surface area contributed by atoms with Crippen LogP contribution < -0.4 is 17.3 Å². The van der Waals surface area contributed by atoms with E-state index in [0.717, 1.165) is 19.6 Å². The van der Waals surface area contributed by atoms with Gasteiger partial charge in [-0.15, -0.1) is 0 Å². The van der Waals surface area contributed by atoms with Gasteiger partial charge in [-0.25, -0.2) is 4.79 Å². The number of carbonyl (C=O) groups is 1. The van der Waals surface area contributed by atoms with E-state index in [1.807, 2.05) is 36.4 Å². The number of hydrogen-bond acceptors (Lipinski definition) is 3. The Labute approximate surface area is 161 Å². The van der Waals surface area contributed by atoms with Crippen molar-refractivity contribution in [3.63, 3.8) is 0 Å². The molecule has 0 saturated carbocycles. The van der Waals surface area contributed by atoms with Gasteiger partial charge in [0.2, 0.25) is 5.60 Å². The fourth-order valence-electron chi connectivity index (χ4n) is 3.46. The topological polar surface area (TPSA) is 51.0 Å². The van der Waals surface area contributed by atoms with Crippen LogP contribution in [-0.4, -0.2) is 37.3 Å². The molecule has 26 heavy (non-hydrogen) atoms. The molecule has 0 aromatic heterocycles. The third kappa shape index (κ3) is 4.64. The Balaban J connectivity index is 0.00000243. The molecule has 4 nitrogen and oxygen atoms in total. The first-order valence-corrected chi connectivity index (χ1v) is 9.05. The number of halogens is 1. The summed E-state index contributed by atoms with van der Waals surface area (Å²) < 4.78 is 5.51. The maximum Gasteiger partial charge on any atom is 0.347 e. The van der Waals surface area contributed by atoms with E-state index in [-0.39, 0.29) is 12.4 Å². The van der Waals surface area contributed by atoms with Gasteiger partial charge in [-0.3, -0.25) is 0 Å². The molecule has 140 valence electrons. The van der Waals surface area contributed by atoms with E-state index in [1.165, 1.54) is 24.2 Å². The van der Waals surface area contributed by atoms with Crippen molar-refractivity contribution < 1.29 is 31.9 Å². The van der Waals surface area contributed by atoms with E-state index in [9.17, 15) is 9.90 Å². The second-order valence-corrected chi connectivity index (χ2v) is 6.64. The van der Waals surface area contributed by atoms with Crippen LogP contribution in [0.4, 0.5) is 0 Å². The van der Waals surface area contributed by atoms with Crippen LogP contribution in [0.3, 0.4) is 0 Å². The SMILES string of the molecule is O=C(OCC[NH+]1CCCCC1)C(O)(c1ccccc1)c1ccccc1.[Cl-]. The normalized spacial score (nSPS) is 15.1. The second-order valence-electron chi connectivity index (χ2n) is 6.64. The molecular formula is C21H26ClNO3. The minimum atomic E-state index is -1.78. The minimum absolute atomic E-state index is 0. The molecule has 1 fully saturated rings. The van der Waals surface area contributed by atoms with Crippen molar-refractivity contribution >= 4 is 5.97 Å². The number of hydrogen-bond donors (Lipinski definition) is 2. The molecule has 0 atom stereocenters. The van der Waals surface area contributed by atoms with Crippen molar-refractivity contribution in [2.75, 3.05) is 26.2 Å². The van der Waals surface area contributed by atoms with Gasteiger partial charge in [-0.05, 0) is 30.4 Å². The highest BCUT2D eigenvalue weighted by Gasteiger charge is 2.41. The van der Waals surface area contributed by atoms with Gasteiger partial charge in [-0.1, -0.05) is 60.7 Å². The molecule has 0 spiro atoms. The highest BCUT2D eigenvalue weighted by atomic mass is 35.5. The zero-order valence-electron chi connectivity index (χ0n) is 14.9. The van der Waals surface area contributed by atoms with Crippen LogP contribution in [0.5, 0.6) is 0 Å². The summed E-state index contributed by atoms with van der Waals surface area (Å²) in [4.78, 5) is 14.3. The first kappa shape index (κ1) is 20.4. The average molecular weight is 376 g/mol. The molecule has 0 bridgehead atoms. The quantitative estimate of drug-likeness (QED) is 0.607. The third-order valence-electron chi connectivity index (χ3n) is 4.93. The van der Waals surface area contributed by atoms with Gasteiger partial charge in [0.25, 0.3) is 0 Å². The summed E-state index contributed by atoms with van der Waals surface area (Å²) >= 11 is 0. The van der Waals surface area contributed by atoms with Crippen LogP contribution in [-0.2, 0) is 15.1 Å². The Morgan fingerprint density at radius 3 is 1.92 bits per heavy atom. The maximum absolute atomic E-state index is 12.8. The standard InChI is InChI=1S/C21H25NO3.ClH/c23-20(25-17-16-22-14-8-3-9-15-22)21(24,18-10-4-1-5-11-18)19-12-6-2-7-13-19;/h1-2,4-7,10-13,24H,3,8-9,14-17H2;1H. The molecule has 1 saturated heterocycles. The maximum atomic E-state index is 12.8. The summed E-state index contributed by atoms with van der Waals surface area (Å²) in [6, 6.07) is 18.0. The number of rotatable bonds is 6. The van der Waals surface area contributed by atoms with E-state index in [0.29, 0.717) is 17.7 Å². The number of nitrogens with one attached hydrogen (secondary N) is 1. The molecular weight excluding hydrogens is 350 g/mol. The molecule has 5 heteroatoms. The Hall–Kier alpha value is -1.88. The molecule has 0 amide bonds. The van der Waals surface area contributed by atoms with Gasteiger partial charge in [0, 0.05) is 0 Å². The number of aliphatic hydroxyl groups is 1. The predicted octanol–water partition coefficient (Wildman–Crippen LogP) is -1.46. The van der Waals surface area contributed by atoms with Crippen LogP contribution in [0, 0.1) is 0 Å². The molecule has 1 heterocycles. The third-order valence-corrected chi connectivity index (χ3v) is 4.93. The number of piperidine rings is 1. The molecule has 2 N–H and O–H groups in total. The smallest absolute Gasteiger partial charge is 0.347 e. The van der Waals surface area contributed by atoms with Gasteiger partial charge >= 0.3 is 5.97 Å². The van der Waals surface area contributed by atoms with Crippen LogP contribution in [0.2, 0.25) is 0 Å². The Kier molecular flexibility index (Phi) is 7.64. The highest BCUT2D eigenvalue weighted by molar-refractivity contribution is 5.85. The lowest BCUT2D eigenvalue weighted by Gasteiger charge is -2.28. The molecule has 2 aromatic carbocycles. The van der Waals surface area contributed by atoms with Gasteiger partial charge in [0.1, 0.15) is 13.2 Å². The predicted molar refractivity (Wildman–Crippen MR) is 96.3 cm³/mol. The lowest BCUT2D eigenvalue weighted by atomic mass is 9.86. The first-order valence-electron chi connectivity index (χ1n) is 9.05. The van der Waals surface area contributed by atoms with Crippen molar-refractivity contribution in [3.05, 3.63) is 71.8 Å². The number of likely N-dealkylation sites (tertiary alicyclic amines) is 1. The van der Waals surface area contributed by atoms with Crippen LogP contribution in [0.25, 0.3) is 0 Å². The van der Waals surface area contributed by atoms with E-state index in [1.54, 1.807) is 24.3 Å². The Bertz CT molecular complexity index is 633. The van der Waals surface area contributed by atoms with Gasteiger partial charge in [0.15, 0.2) is 0 Å². The van der Waals surface area contributed by atoms with Crippen LogP contribution in [0.1, 0.15) is 30.4 Å². The number of carbonyl (C=O) groups excluding carboxylic acids is 1. The molecule has 1 aliphatic heterocycles. The van der Waals surface area contributed by atoms with Crippen LogP contribution in [0.15, 0.2) is 60.7 Å². The molecule has 0 radical (unpaired) electrons. The lowest BCUT2D eigenvalue weighted by molar-refractivity contribution is -0.905. The summed E-state index contributed by atoms with van der Waals surface area (Å²) in [5.74, 6) is -0.610. The molecule has 3 rings (SSSR count). The second kappa shape index (κ2) is 9.72. The minimum Gasteiger partial charge on any atom is -1.00 e.